The predicted octanol–water partition coefficient (Wildman–Crippen LogP) is 2.47. The number of hydrogen-bond acceptors (Lipinski definition) is 6. The van der Waals surface area contributed by atoms with Gasteiger partial charge in [0.1, 0.15) is 5.75 Å². The smallest absolute Gasteiger partial charge is 0.312 e. The third-order valence-electron chi connectivity index (χ3n) is 3.47. The molecule has 130 valence electrons. The first kappa shape index (κ1) is 17.8. The van der Waals surface area contributed by atoms with Crippen LogP contribution in [0.2, 0.25) is 0 Å². The van der Waals surface area contributed by atoms with E-state index < -0.39 is 0 Å². The van der Waals surface area contributed by atoms with E-state index in [1.807, 2.05) is 24.3 Å². The molecule has 7 heteroatoms. The van der Waals surface area contributed by atoms with Crippen LogP contribution in [-0.4, -0.2) is 22.7 Å². The number of benzene rings is 1. The van der Waals surface area contributed by atoms with E-state index in [1.165, 1.54) is 19.3 Å². The van der Waals surface area contributed by atoms with Gasteiger partial charge in [0.15, 0.2) is 0 Å². The number of hydrogen-bond donors (Lipinski definition) is 2. The Hall–Kier alpha value is -2.57. The number of aromatic nitrogens is 2. The van der Waals surface area contributed by atoms with E-state index in [9.17, 15) is 4.79 Å². The highest BCUT2D eigenvalue weighted by atomic mass is 16.5. The number of amides is 1. The van der Waals surface area contributed by atoms with Crippen molar-refractivity contribution in [3.05, 3.63) is 35.7 Å². The van der Waals surface area contributed by atoms with E-state index >= 15 is 0 Å². The van der Waals surface area contributed by atoms with Crippen LogP contribution in [0.1, 0.15) is 44.1 Å². The zero-order chi connectivity index (χ0) is 17.2. The van der Waals surface area contributed by atoms with Gasteiger partial charge < -0.3 is 20.2 Å². The van der Waals surface area contributed by atoms with Gasteiger partial charge in [-0.15, -0.1) is 5.10 Å². The van der Waals surface area contributed by atoms with Gasteiger partial charge in [-0.05, 0) is 24.1 Å². The SMILES string of the molecule is CCCCCCOc1ccc(CC(=O)NCc2nnc(N)o2)cc1. The molecule has 7 nitrogen and oxygen atoms in total. The maximum absolute atomic E-state index is 11.9. The third-order valence-corrected chi connectivity index (χ3v) is 3.47. The molecule has 2 rings (SSSR count). The Bertz CT molecular complexity index is 625. The van der Waals surface area contributed by atoms with Crippen LogP contribution in [0, 0.1) is 0 Å². The van der Waals surface area contributed by atoms with E-state index in [0.29, 0.717) is 0 Å². The van der Waals surface area contributed by atoms with E-state index in [4.69, 9.17) is 14.9 Å². The quantitative estimate of drug-likeness (QED) is 0.648. The Labute approximate surface area is 141 Å². The van der Waals surface area contributed by atoms with Crippen LogP contribution in [0.5, 0.6) is 5.75 Å². The van der Waals surface area contributed by atoms with Gasteiger partial charge in [-0.25, -0.2) is 0 Å². The standard InChI is InChI=1S/C17H24N4O3/c1-2-3-4-5-10-23-14-8-6-13(7-9-14)11-15(22)19-12-16-20-21-17(18)24-16/h6-9H,2-5,10-12H2,1H3,(H2,18,21)(H,19,22). The Kier molecular flexibility index (Phi) is 7.07. The molecule has 2 aromatic rings. The number of rotatable bonds is 10. The van der Waals surface area contributed by atoms with Crippen molar-refractivity contribution in [1.82, 2.24) is 15.5 Å². The van der Waals surface area contributed by atoms with Gasteiger partial charge in [-0.1, -0.05) is 43.4 Å². The summed E-state index contributed by atoms with van der Waals surface area (Å²) < 4.78 is 10.7. The van der Waals surface area contributed by atoms with Crippen LogP contribution in [0.3, 0.4) is 0 Å². The molecule has 0 fully saturated rings. The van der Waals surface area contributed by atoms with Crippen molar-refractivity contribution in [1.29, 1.82) is 0 Å². The summed E-state index contributed by atoms with van der Waals surface area (Å²) in [5, 5.41) is 9.91. The van der Waals surface area contributed by atoms with Crippen molar-refractivity contribution in [2.45, 2.75) is 45.6 Å². The number of unbranched alkanes of at least 4 members (excludes halogenated alkanes) is 3. The first-order chi connectivity index (χ1) is 11.7. The maximum atomic E-state index is 11.9. The maximum Gasteiger partial charge on any atom is 0.312 e. The van der Waals surface area contributed by atoms with Gasteiger partial charge in [0.25, 0.3) is 0 Å². The van der Waals surface area contributed by atoms with E-state index in [1.54, 1.807) is 0 Å². The lowest BCUT2D eigenvalue weighted by atomic mass is 10.1. The zero-order valence-corrected chi connectivity index (χ0v) is 14.0. The molecule has 24 heavy (non-hydrogen) atoms. The van der Waals surface area contributed by atoms with Crippen molar-refractivity contribution in [3.8, 4) is 5.75 Å². The molecule has 1 amide bonds. The molecular formula is C17H24N4O3. The van der Waals surface area contributed by atoms with Gasteiger partial charge in [-0.3, -0.25) is 4.79 Å². The lowest BCUT2D eigenvalue weighted by Crippen LogP contribution is -2.24. The molecular weight excluding hydrogens is 308 g/mol. The van der Waals surface area contributed by atoms with E-state index in [-0.39, 0.29) is 30.8 Å². The average Bonchev–Trinajstić information content (AvgIpc) is 3.00. The molecule has 0 aliphatic rings. The van der Waals surface area contributed by atoms with Crippen molar-refractivity contribution in [3.63, 3.8) is 0 Å². The normalized spacial score (nSPS) is 10.5. The highest BCUT2D eigenvalue weighted by Crippen LogP contribution is 2.13. The van der Waals surface area contributed by atoms with Crippen molar-refractivity contribution >= 4 is 11.9 Å². The first-order valence-electron chi connectivity index (χ1n) is 8.23. The minimum absolute atomic E-state index is 0.00969. The summed E-state index contributed by atoms with van der Waals surface area (Å²) in [6.07, 6.45) is 5.00. The van der Waals surface area contributed by atoms with Crippen molar-refractivity contribution in [2.75, 3.05) is 12.3 Å². The summed E-state index contributed by atoms with van der Waals surface area (Å²) in [7, 11) is 0. The second kappa shape index (κ2) is 9.54. The van der Waals surface area contributed by atoms with Crippen LogP contribution in [0.15, 0.2) is 28.7 Å². The molecule has 0 aliphatic carbocycles. The summed E-state index contributed by atoms with van der Waals surface area (Å²) in [6, 6.07) is 7.56. The fourth-order valence-electron chi connectivity index (χ4n) is 2.18. The van der Waals surface area contributed by atoms with Crippen molar-refractivity contribution in [2.24, 2.45) is 0 Å². The summed E-state index contributed by atoms with van der Waals surface area (Å²) in [6.45, 7) is 3.09. The number of anilines is 1. The number of ether oxygens (including phenoxy) is 1. The Morgan fingerprint density at radius 3 is 2.67 bits per heavy atom. The van der Waals surface area contributed by atoms with E-state index in [2.05, 4.69) is 22.4 Å². The predicted molar refractivity (Wildman–Crippen MR) is 90.3 cm³/mol. The van der Waals surface area contributed by atoms with Crippen molar-refractivity contribution < 1.29 is 13.9 Å². The third kappa shape index (κ3) is 6.28. The minimum Gasteiger partial charge on any atom is -0.494 e. The molecule has 0 bridgehead atoms. The Morgan fingerprint density at radius 2 is 2.00 bits per heavy atom. The van der Waals surface area contributed by atoms with Gasteiger partial charge in [-0.2, -0.15) is 0 Å². The Balaban J connectivity index is 1.69. The number of carbonyl (C=O) groups is 1. The second-order valence-electron chi connectivity index (χ2n) is 5.54. The zero-order valence-electron chi connectivity index (χ0n) is 14.0. The number of nitrogens with two attached hydrogens (primary N) is 1. The number of nitrogens with one attached hydrogen (secondary N) is 1. The molecule has 0 saturated heterocycles. The van der Waals surface area contributed by atoms with Crippen LogP contribution in [0.4, 0.5) is 6.01 Å². The highest BCUT2D eigenvalue weighted by molar-refractivity contribution is 5.78. The molecule has 1 heterocycles. The Morgan fingerprint density at radius 1 is 1.21 bits per heavy atom. The summed E-state index contributed by atoms with van der Waals surface area (Å²) in [5.74, 6) is 0.990. The monoisotopic (exact) mass is 332 g/mol. The molecule has 0 saturated carbocycles. The highest BCUT2D eigenvalue weighted by Gasteiger charge is 2.07. The minimum atomic E-state index is -0.125. The van der Waals surface area contributed by atoms with Gasteiger partial charge in [0.05, 0.1) is 19.6 Å². The second-order valence-corrected chi connectivity index (χ2v) is 5.54. The molecule has 0 unspecified atom stereocenters. The molecule has 0 spiro atoms. The lowest BCUT2D eigenvalue weighted by molar-refractivity contribution is -0.120. The van der Waals surface area contributed by atoms with Crippen LogP contribution in [-0.2, 0) is 17.8 Å². The largest absolute Gasteiger partial charge is 0.494 e. The number of nitrogens with zero attached hydrogens (tertiary/aromatic N) is 2. The molecule has 0 atom stereocenters. The number of nitrogen functional groups attached to an aromatic ring is 1. The topological polar surface area (TPSA) is 103 Å². The number of carbonyl (C=O) groups excluding carboxylic acids is 1. The average molecular weight is 332 g/mol. The first-order valence-corrected chi connectivity index (χ1v) is 8.23. The van der Waals surface area contributed by atoms with Gasteiger partial charge >= 0.3 is 6.01 Å². The fraction of sp³-hybridized carbons (Fsp3) is 0.471. The van der Waals surface area contributed by atoms with Crippen LogP contribution >= 0.6 is 0 Å². The fourth-order valence-corrected chi connectivity index (χ4v) is 2.18. The summed E-state index contributed by atoms with van der Waals surface area (Å²) in [4.78, 5) is 11.9. The van der Waals surface area contributed by atoms with E-state index in [0.717, 1.165) is 24.3 Å². The van der Waals surface area contributed by atoms with Gasteiger partial charge in [0.2, 0.25) is 11.8 Å². The summed E-state index contributed by atoms with van der Waals surface area (Å²) in [5.41, 5.74) is 6.23. The molecule has 1 aromatic carbocycles. The summed E-state index contributed by atoms with van der Waals surface area (Å²) >= 11 is 0. The van der Waals surface area contributed by atoms with Crippen LogP contribution < -0.4 is 15.8 Å². The molecule has 3 N–H and O–H groups in total. The molecule has 0 aliphatic heterocycles. The van der Waals surface area contributed by atoms with Gasteiger partial charge in [0, 0.05) is 0 Å². The van der Waals surface area contributed by atoms with Crippen LogP contribution in [0.25, 0.3) is 0 Å². The lowest BCUT2D eigenvalue weighted by Gasteiger charge is -2.07. The molecule has 0 radical (unpaired) electrons. The molecule has 1 aromatic heterocycles.